The van der Waals surface area contributed by atoms with Gasteiger partial charge in [-0.15, -0.1) is 0 Å². The summed E-state index contributed by atoms with van der Waals surface area (Å²) >= 11 is 0. The Labute approximate surface area is 93.2 Å². The molecule has 1 N–H and O–H groups in total. The van der Waals surface area contributed by atoms with E-state index in [4.69, 9.17) is 0 Å². The zero-order chi connectivity index (χ0) is 11.3. The fourth-order valence-electron chi connectivity index (χ4n) is 2.44. The van der Waals surface area contributed by atoms with Gasteiger partial charge in [0, 0.05) is 19.6 Å². The number of hydrogen-bond acceptors (Lipinski definition) is 2. The molecule has 0 aromatic heterocycles. The Bertz CT molecular complexity index is 196. The standard InChI is InChI=1S/C12H24N2O/c1-4-5-13-12(15)9-14-7-10(2)6-11(3)8-14/h10-11H,4-9H2,1-3H3,(H,13,15)/t10-,11-/m1/s1. The number of carbonyl (C=O) groups is 1. The van der Waals surface area contributed by atoms with E-state index in [1.807, 2.05) is 0 Å². The maximum atomic E-state index is 11.5. The van der Waals surface area contributed by atoms with Crippen molar-refractivity contribution in [3.05, 3.63) is 0 Å². The Kier molecular flexibility index (Phi) is 5.09. The van der Waals surface area contributed by atoms with Crippen molar-refractivity contribution < 1.29 is 4.79 Å². The van der Waals surface area contributed by atoms with E-state index in [-0.39, 0.29) is 5.91 Å². The van der Waals surface area contributed by atoms with Gasteiger partial charge in [0.05, 0.1) is 6.54 Å². The van der Waals surface area contributed by atoms with Gasteiger partial charge >= 0.3 is 0 Å². The van der Waals surface area contributed by atoms with Gasteiger partial charge in [-0.25, -0.2) is 0 Å². The zero-order valence-electron chi connectivity index (χ0n) is 10.3. The fourth-order valence-corrected chi connectivity index (χ4v) is 2.44. The molecule has 0 unspecified atom stereocenters. The second-order valence-corrected chi connectivity index (χ2v) is 4.99. The lowest BCUT2D eigenvalue weighted by Gasteiger charge is -2.34. The van der Waals surface area contributed by atoms with Crippen LogP contribution in [0.15, 0.2) is 0 Å². The van der Waals surface area contributed by atoms with Crippen LogP contribution in [0.1, 0.15) is 33.6 Å². The molecule has 1 saturated heterocycles. The Morgan fingerprint density at radius 1 is 1.33 bits per heavy atom. The van der Waals surface area contributed by atoms with Gasteiger partial charge in [-0.1, -0.05) is 20.8 Å². The summed E-state index contributed by atoms with van der Waals surface area (Å²) in [6, 6.07) is 0. The van der Waals surface area contributed by atoms with Crippen LogP contribution in [0.2, 0.25) is 0 Å². The van der Waals surface area contributed by atoms with E-state index in [2.05, 4.69) is 31.0 Å². The number of likely N-dealkylation sites (tertiary alicyclic amines) is 1. The minimum Gasteiger partial charge on any atom is -0.355 e. The molecule has 0 aromatic carbocycles. The first-order valence-electron chi connectivity index (χ1n) is 6.10. The number of carbonyl (C=O) groups excluding carboxylic acids is 1. The minimum atomic E-state index is 0.179. The van der Waals surface area contributed by atoms with Crippen molar-refractivity contribution in [2.24, 2.45) is 11.8 Å². The normalized spacial score (nSPS) is 27.7. The smallest absolute Gasteiger partial charge is 0.234 e. The van der Waals surface area contributed by atoms with Crippen molar-refractivity contribution in [1.29, 1.82) is 0 Å². The van der Waals surface area contributed by atoms with E-state index in [1.165, 1.54) is 6.42 Å². The molecule has 3 nitrogen and oxygen atoms in total. The summed E-state index contributed by atoms with van der Waals surface area (Å²) < 4.78 is 0. The van der Waals surface area contributed by atoms with Gasteiger partial charge in [0.25, 0.3) is 0 Å². The van der Waals surface area contributed by atoms with Crippen LogP contribution in [0, 0.1) is 11.8 Å². The fraction of sp³-hybridized carbons (Fsp3) is 0.917. The molecule has 0 bridgehead atoms. The first-order chi connectivity index (χ1) is 7.11. The van der Waals surface area contributed by atoms with E-state index in [0.717, 1.165) is 37.9 Å². The van der Waals surface area contributed by atoms with Crippen molar-refractivity contribution in [1.82, 2.24) is 10.2 Å². The second-order valence-electron chi connectivity index (χ2n) is 4.99. The third-order valence-corrected chi connectivity index (χ3v) is 2.88. The molecule has 15 heavy (non-hydrogen) atoms. The number of nitrogens with zero attached hydrogens (tertiary/aromatic N) is 1. The van der Waals surface area contributed by atoms with Gasteiger partial charge < -0.3 is 5.32 Å². The van der Waals surface area contributed by atoms with Gasteiger partial charge in [0.1, 0.15) is 0 Å². The highest BCUT2D eigenvalue weighted by Gasteiger charge is 2.22. The number of hydrogen-bond donors (Lipinski definition) is 1. The molecule has 1 amide bonds. The predicted octanol–water partition coefficient (Wildman–Crippen LogP) is 1.49. The number of amides is 1. The van der Waals surface area contributed by atoms with Gasteiger partial charge in [-0.05, 0) is 24.7 Å². The molecule has 0 aliphatic carbocycles. The molecular formula is C12H24N2O. The molecule has 0 saturated carbocycles. The summed E-state index contributed by atoms with van der Waals surface area (Å²) in [5.74, 6) is 1.64. The largest absolute Gasteiger partial charge is 0.355 e. The maximum absolute atomic E-state index is 11.5. The summed E-state index contributed by atoms with van der Waals surface area (Å²) in [7, 11) is 0. The highest BCUT2D eigenvalue weighted by molar-refractivity contribution is 5.77. The van der Waals surface area contributed by atoms with Gasteiger partial charge in [0.15, 0.2) is 0 Å². The van der Waals surface area contributed by atoms with Crippen LogP contribution in [-0.2, 0) is 4.79 Å². The highest BCUT2D eigenvalue weighted by Crippen LogP contribution is 2.20. The van der Waals surface area contributed by atoms with Crippen LogP contribution < -0.4 is 5.32 Å². The summed E-state index contributed by atoms with van der Waals surface area (Å²) in [6.45, 7) is 10.1. The Morgan fingerprint density at radius 3 is 2.47 bits per heavy atom. The molecule has 2 atom stereocenters. The molecule has 0 spiro atoms. The molecule has 1 aliphatic rings. The van der Waals surface area contributed by atoms with Crippen LogP contribution in [0.3, 0.4) is 0 Å². The van der Waals surface area contributed by atoms with E-state index in [1.54, 1.807) is 0 Å². The second kappa shape index (κ2) is 6.11. The van der Waals surface area contributed by atoms with Crippen molar-refractivity contribution in [3.63, 3.8) is 0 Å². The lowest BCUT2D eigenvalue weighted by atomic mass is 9.92. The van der Waals surface area contributed by atoms with Crippen LogP contribution >= 0.6 is 0 Å². The van der Waals surface area contributed by atoms with Crippen molar-refractivity contribution in [2.45, 2.75) is 33.6 Å². The zero-order valence-corrected chi connectivity index (χ0v) is 10.3. The van der Waals surface area contributed by atoms with E-state index >= 15 is 0 Å². The van der Waals surface area contributed by atoms with Crippen molar-refractivity contribution in [3.8, 4) is 0 Å². The SMILES string of the molecule is CCCNC(=O)CN1C[C@H](C)C[C@@H](C)C1. The number of rotatable bonds is 4. The molecule has 0 radical (unpaired) electrons. The molecule has 88 valence electrons. The van der Waals surface area contributed by atoms with Gasteiger partial charge in [0.2, 0.25) is 5.91 Å². The summed E-state index contributed by atoms with van der Waals surface area (Å²) in [4.78, 5) is 13.8. The summed E-state index contributed by atoms with van der Waals surface area (Å²) in [5.41, 5.74) is 0. The molecule has 1 aliphatic heterocycles. The van der Waals surface area contributed by atoms with Gasteiger partial charge in [-0.3, -0.25) is 9.69 Å². The summed E-state index contributed by atoms with van der Waals surface area (Å²) in [5, 5.41) is 2.93. The average molecular weight is 212 g/mol. The highest BCUT2D eigenvalue weighted by atomic mass is 16.2. The number of piperidine rings is 1. The molecule has 1 rings (SSSR count). The lowest BCUT2D eigenvalue weighted by Crippen LogP contribution is -2.44. The quantitative estimate of drug-likeness (QED) is 0.766. The molecule has 0 aromatic rings. The van der Waals surface area contributed by atoms with Gasteiger partial charge in [-0.2, -0.15) is 0 Å². The molecular weight excluding hydrogens is 188 g/mol. The molecule has 1 heterocycles. The van der Waals surface area contributed by atoms with Crippen molar-refractivity contribution >= 4 is 5.91 Å². The Hall–Kier alpha value is -0.570. The van der Waals surface area contributed by atoms with E-state index in [0.29, 0.717) is 6.54 Å². The number of nitrogens with one attached hydrogen (secondary N) is 1. The molecule has 1 fully saturated rings. The monoisotopic (exact) mass is 212 g/mol. The van der Waals surface area contributed by atoms with Crippen LogP contribution in [0.4, 0.5) is 0 Å². The first kappa shape index (κ1) is 12.5. The Morgan fingerprint density at radius 2 is 1.93 bits per heavy atom. The third-order valence-electron chi connectivity index (χ3n) is 2.88. The lowest BCUT2D eigenvalue weighted by molar-refractivity contribution is -0.122. The topological polar surface area (TPSA) is 32.3 Å². The van der Waals surface area contributed by atoms with E-state index in [9.17, 15) is 4.79 Å². The third kappa shape index (κ3) is 4.65. The first-order valence-corrected chi connectivity index (χ1v) is 6.10. The van der Waals surface area contributed by atoms with E-state index < -0.39 is 0 Å². The van der Waals surface area contributed by atoms with Crippen molar-refractivity contribution in [2.75, 3.05) is 26.2 Å². The predicted molar refractivity (Wildman–Crippen MR) is 62.7 cm³/mol. The summed E-state index contributed by atoms with van der Waals surface area (Å²) in [6.07, 6.45) is 2.31. The minimum absolute atomic E-state index is 0.179. The van der Waals surface area contributed by atoms with Crippen LogP contribution in [-0.4, -0.2) is 37.0 Å². The van der Waals surface area contributed by atoms with Crippen LogP contribution in [0.25, 0.3) is 0 Å². The Balaban J connectivity index is 2.27. The average Bonchev–Trinajstić information content (AvgIpc) is 2.13. The van der Waals surface area contributed by atoms with Crippen LogP contribution in [0.5, 0.6) is 0 Å². The maximum Gasteiger partial charge on any atom is 0.234 e. The molecule has 3 heteroatoms.